The highest BCUT2D eigenvalue weighted by Gasteiger charge is 2.38. The van der Waals surface area contributed by atoms with Crippen molar-refractivity contribution in [2.45, 2.75) is 99.1 Å². The van der Waals surface area contributed by atoms with Gasteiger partial charge in [0, 0.05) is 11.0 Å². The third-order valence-corrected chi connectivity index (χ3v) is 5.22. The monoisotopic (exact) mass is 309 g/mol. The lowest BCUT2D eigenvalue weighted by molar-refractivity contribution is -0.129. The molecule has 3 unspecified atom stereocenters. The molecule has 2 bridgehead atoms. The summed E-state index contributed by atoms with van der Waals surface area (Å²) in [5.74, 6) is 3.04. The molecule has 0 aliphatic heterocycles. The van der Waals surface area contributed by atoms with E-state index in [4.69, 9.17) is 0 Å². The molecule has 2 heteroatoms. The second-order valence-electron chi connectivity index (χ2n) is 9.68. The summed E-state index contributed by atoms with van der Waals surface area (Å²) in [6.07, 6.45) is 8.09. The van der Waals surface area contributed by atoms with Crippen LogP contribution < -0.4 is 5.32 Å². The summed E-state index contributed by atoms with van der Waals surface area (Å²) in [7, 11) is 0. The number of rotatable bonds is 4. The van der Waals surface area contributed by atoms with Crippen molar-refractivity contribution in [1.82, 2.24) is 5.32 Å². The Bertz CT molecular complexity index is 362. The number of fused-ring (bicyclic) bond motifs is 2. The third-order valence-electron chi connectivity index (χ3n) is 5.22. The van der Waals surface area contributed by atoms with Crippen molar-refractivity contribution in [2.75, 3.05) is 0 Å². The lowest BCUT2D eigenvalue weighted by atomic mass is 9.75. The predicted molar refractivity (Wildman–Crippen MR) is 96.0 cm³/mol. The van der Waals surface area contributed by atoms with Gasteiger partial charge in [-0.3, -0.25) is 4.79 Å². The Morgan fingerprint density at radius 2 is 1.50 bits per heavy atom. The molecule has 1 N–H and O–H groups in total. The smallest absolute Gasteiger partial charge is 0.155 e. The van der Waals surface area contributed by atoms with E-state index in [1.54, 1.807) is 0 Å². The Hall–Kier alpha value is -0.370. The van der Waals surface area contributed by atoms with Gasteiger partial charge in [0.1, 0.15) is 0 Å². The molecule has 0 heterocycles. The van der Waals surface area contributed by atoms with Crippen LogP contribution in [0.2, 0.25) is 0 Å². The number of Topliss-reactive ketones (excluding diaryl/α,β-unsaturated/α-hetero) is 1. The lowest BCUT2D eigenvalue weighted by Crippen LogP contribution is -2.51. The maximum Gasteiger partial charge on any atom is 0.155 e. The normalized spacial score (nSPS) is 29.8. The molecule has 0 aromatic rings. The number of nitrogens with one attached hydrogen (secondary N) is 1. The van der Waals surface area contributed by atoms with Crippen LogP contribution in [-0.2, 0) is 4.79 Å². The molecule has 0 radical (unpaired) electrons. The van der Waals surface area contributed by atoms with E-state index in [0.717, 1.165) is 24.2 Å². The third kappa shape index (κ3) is 5.37. The van der Waals surface area contributed by atoms with Gasteiger partial charge >= 0.3 is 0 Å². The molecule has 0 aromatic heterocycles. The SMILES string of the molecule is C.CC(C)(C)NC(CC1CC2CCC(C2)C1)C(=O)C(C)(C)C. The number of carbonyl (C=O) groups excluding carboxylic acids is 1. The Labute approximate surface area is 138 Å². The fourth-order valence-electron chi connectivity index (χ4n) is 4.45. The summed E-state index contributed by atoms with van der Waals surface area (Å²) in [5, 5.41) is 3.61. The number of hydrogen-bond acceptors (Lipinski definition) is 2. The molecule has 2 saturated carbocycles. The highest BCUT2D eigenvalue weighted by Crippen LogP contribution is 2.46. The highest BCUT2D eigenvalue weighted by molar-refractivity contribution is 5.88. The van der Waals surface area contributed by atoms with Crippen LogP contribution in [0.1, 0.15) is 87.5 Å². The standard InChI is InChI=1S/C19H35NO.CH4/c1-18(2,3)17(21)16(20-19(4,5)6)12-15-10-13-7-8-14(9-13)11-15;/h13-16,20H,7-12H2,1-6H3;1H4. The zero-order valence-corrected chi connectivity index (χ0v) is 15.0. The second kappa shape index (κ2) is 7.03. The predicted octanol–water partition coefficient (Wildman–Crippen LogP) is 5.21. The van der Waals surface area contributed by atoms with Gasteiger partial charge in [-0.15, -0.1) is 0 Å². The van der Waals surface area contributed by atoms with Crippen molar-refractivity contribution in [1.29, 1.82) is 0 Å². The first-order valence-corrected chi connectivity index (χ1v) is 8.86. The molecule has 2 fully saturated rings. The zero-order chi connectivity index (χ0) is 15.8. The Morgan fingerprint density at radius 3 is 1.91 bits per heavy atom. The van der Waals surface area contributed by atoms with Crippen molar-refractivity contribution in [3.05, 3.63) is 0 Å². The highest BCUT2D eigenvalue weighted by atomic mass is 16.1. The molecule has 0 spiro atoms. The van der Waals surface area contributed by atoms with Gasteiger partial charge in [0.25, 0.3) is 0 Å². The molecule has 2 rings (SSSR count). The molecule has 22 heavy (non-hydrogen) atoms. The van der Waals surface area contributed by atoms with E-state index >= 15 is 0 Å². The van der Waals surface area contributed by atoms with Gasteiger partial charge in [0.15, 0.2) is 5.78 Å². The summed E-state index contributed by atoms with van der Waals surface area (Å²) in [4.78, 5) is 12.8. The zero-order valence-electron chi connectivity index (χ0n) is 15.0. The van der Waals surface area contributed by atoms with E-state index < -0.39 is 0 Å². The Kier molecular flexibility index (Phi) is 6.29. The number of carbonyl (C=O) groups is 1. The molecular weight excluding hydrogens is 270 g/mol. The molecule has 0 amide bonds. The first kappa shape index (κ1) is 19.7. The van der Waals surface area contributed by atoms with E-state index in [2.05, 4.69) is 46.9 Å². The van der Waals surface area contributed by atoms with Gasteiger partial charge in [0.05, 0.1) is 6.04 Å². The largest absolute Gasteiger partial charge is 0.303 e. The minimum atomic E-state index is -0.253. The maximum absolute atomic E-state index is 12.8. The van der Waals surface area contributed by atoms with Crippen LogP contribution in [0.5, 0.6) is 0 Å². The Morgan fingerprint density at radius 1 is 1.00 bits per heavy atom. The molecule has 0 saturated heterocycles. The van der Waals surface area contributed by atoms with Crippen molar-refractivity contribution < 1.29 is 4.79 Å². The lowest BCUT2D eigenvalue weighted by Gasteiger charge is -2.36. The molecular formula is C20H39NO. The first-order valence-electron chi connectivity index (χ1n) is 8.86. The molecule has 3 atom stereocenters. The quantitative estimate of drug-likeness (QED) is 0.772. The summed E-state index contributed by atoms with van der Waals surface area (Å²) in [6, 6.07) is 0.0208. The van der Waals surface area contributed by atoms with Crippen molar-refractivity contribution >= 4 is 5.78 Å². The second-order valence-corrected chi connectivity index (χ2v) is 9.68. The van der Waals surface area contributed by atoms with Gasteiger partial charge in [-0.2, -0.15) is 0 Å². The number of hydrogen-bond donors (Lipinski definition) is 1. The van der Waals surface area contributed by atoms with E-state index in [1.807, 2.05) is 0 Å². The van der Waals surface area contributed by atoms with Crippen LogP contribution in [0, 0.1) is 23.2 Å². The number of ketones is 1. The van der Waals surface area contributed by atoms with Gasteiger partial charge in [-0.1, -0.05) is 41.0 Å². The maximum atomic E-state index is 12.8. The molecule has 130 valence electrons. The van der Waals surface area contributed by atoms with Gasteiger partial charge in [-0.25, -0.2) is 0 Å². The van der Waals surface area contributed by atoms with E-state index in [9.17, 15) is 4.79 Å². The Balaban J connectivity index is 0.00000242. The van der Waals surface area contributed by atoms with Crippen LogP contribution >= 0.6 is 0 Å². The van der Waals surface area contributed by atoms with Crippen LogP contribution in [0.15, 0.2) is 0 Å². The van der Waals surface area contributed by atoms with Crippen molar-refractivity contribution in [2.24, 2.45) is 23.2 Å². The molecule has 0 aromatic carbocycles. The molecule has 2 aliphatic rings. The van der Waals surface area contributed by atoms with Crippen molar-refractivity contribution in [3.63, 3.8) is 0 Å². The van der Waals surface area contributed by atoms with Crippen LogP contribution in [0.4, 0.5) is 0 Å². The molecule has 2 aliphatic carbocycles. The average Bonchev–Trinajstić information content (AvgIpc) is 2.64. The van der Waals surface area contributed by atoms with Crippen molar-refractivity contribution in [3.8, 4) is 0 Å². The topological polar surface area (TPSA) is 29.1 Å². The van der Waals surface area contributed by atoms with Crippen LogP contribution in [0.25, 0.3) is 0 Å². The minimum absolute atomic E-state index is 0. The summed E-state index contributed by atoms with van der Waals surface area (Å²) >= 11 is 0. The van der Waals surface area contributed by atoms with E-state index in [-0.39, 0.29) is 24.4 Å². The van der Waals surface area contributed by atoms with E-state index in [1.165, 1.54) is 32.1 Å². The summed E-state index contributed by atoms with van der Waals surface area (Å²) in [5.41, 5.74) is -0.254. The summed E-state index contributed by atoms with van der Waals surface area (Å²) < 4.78 is 0. The fourth-order valence-corrected chi connectivity index (χ4v) is 4.45. The van der Waals surface area contributed by atoms with Crippen LogP contribution in [-0.4, -0.2) is 17.4 Å². The van der Waals surface area contributed by atoms with Gasteiger partial charge in [0.2, 0.25) is 0 Å². The molecule has 2 nitrogen and oxygen atoms in total. The minimum Gasteiger partial charge on any atom is -0.303 e. The fraction of sp³-hybridized carbons (Fsp3) is 0.950. The van der Waals surface area contributed by atoms with Crippen LogP contribution in [0.3, 0.4) is 0 Å². The average molecular weight is 310 g/mol. The van der Waals surface area contributed by atoms with E-state index in [0.29, 0.717) is 5.78 Å². The first-order chi connectivity index (χ1) is 9.54. The summed E-state index contributed by atoms with van der Waals surface area (Å²) in [6.45, 7) is 12.7. The van der Waals surface area contributed by atoms with Gasteiger partial charge in [-0.05, 0) is 64.2 Å². The van der Waals surface area contributed by atoms with Gasteiger partial charge < -0.3 is 5.32 Å².